The SMILES string of the molecule is O=C(CN1C(=O)S/C(=C/c2ccc(-c3cccc(C(F)(F)F)c3)o2)C1=O)Nc1ccc(F)cc1F. The largest absolute Gasteiger partial charge is 0.457 e. The maximum atomic E-state index is 13.7. The lowest BCUT2D eigenvalue weighted by Gasteiger charge is -2.12. The number of nitrogens with one attached hydrogen (secondary N) is 1. The van der Waals surface area contributed by atoms with Gasteiger partial charge in [-0.25, -0.2) is 8.78 Å². The molecule has 0 aliphatic carbocycles. The van der Waals surface area contributed by atoms with Crippen LogP contribution in [0.15, 0.2) is 63.9 Å². The smallest absolute Gasteiger partial charge is 0.416 e. The Bertz CT molecular complexity index is 1370. The maximum absolute atomic E-state index is 13.7. The van der Waals surface area contributed by atoms with E-state index in [0.717, 1.165) is 24.3 Å². The summed E-state index contributed by atoms with van der Waals surface area (Å²) in [5.74, 6) is -3.36. The summed E-state index contributed by atoms with van der Waals surface area (Å²) in [6.07, 6.45) is -3.31. The number of hydrogen-bond acceptors (Lipinski definition) is 5. The van der Waals surface area contributed by atoms with E-state index in [1.54, 1.807) is 0 Å². The Morgan fingerprint density at radius 2 is 1.83 bits per heavy atom. The Morgan fingerprint density at radius 3 is 2.54 bits per heavy atom. The van der Waals surface area contributed by atoms with Crippen molar-refractivity contribution < 1.29 is 40.8 Å². The highest BCUT2D eigenvalue weighted by Crippen LogP contribution is 2.35. The minimum Gasteiger partial charge on any atom is -0.457 e. The van der Waals surface area contributed by atoms with Crippen molar-refractivity contribution in [2.24, 2.45) is 0 Å². The highest BCUT2D eigenvalue weighted by Gasteiger charge is 2.36. The zero-order valence-electron chi connectivity index (χ0n) is 17.4. The number of halogens is 5. The molecule has 1 fully saturated rings. The first kappa shape index (κ1) is 24.2. The van der Waals surface area contributed by atoms with E-state index in [2.05, 4.69) is 5.32 Å². The Kier molecular flexibility index (Phi) is 6.48. The summed E-state index contributed by atoms with van der Waals surface area (Å²) in [7, 11) is 0. The number of carbonyl (C=O) groups excluding carboxylic acids is 3. The van der Waals surface area contributed by atoms with Crippen LogP contribution in [0, 0.1) is 11.6 Å². The van der Waals surface area contributed by atoms with Crippen LogP contribution in [0.1, 0.15) is 11.3 Å². The third kappa shape index (κ3) is 5.43. The van der Waals surface area contributed by atoms with Crippen molar-refractivity contribution in [3.05, 3.63) is 82.5 Å². The highest BCUT2D eigenvalue weighted by atomic mass is 32.2. The molecule has 4 rings (SSSR count). The Labute approximate surface area is 198 Å². The van der Waals surface area contributed by atoms with Gasteiger partial charge in [-0.1, -0.05) is 12.1 Å². The van der Waals surface area contributed by atoms with Crippen molar-refractivity contribution in [1.82, 2.24) is 4.90 Å². The summed E-state index contributed by atoms with van der Waals surface area (Å²) < 4.78 is 71.0. The fourth-order valence-electron chi connectivity index (χ4n) is 3.12. The van der Waals surface area contributed by atoms with Crippen LogP contribution in [0.5, 0.6) is 0 Å². The molecule has 180 valence electrons. The summed E-state index contributed by atoms with van der Waals surface area (Å²) in [5, 5.41) is 1.39. The molecule has 0 spiro atoms. The summed E-state index contributed by atoms with van der Waals surface area (Å²) in [5.41, 5.74) is -1.01. The first-order valence-electron chi connectivity index (χ1n) is 9.79. The first-order valence-corrected chi connectivity index (χ1v) is 10.6. The molecule has 6 nitrogen and oxygen atoms in total. The van der Waals surface area contributed by atoms with Gasteiger partial charge in [0, 0.05) is 17.7 Å². The zero-order valence-corrected chi connectivity index (χ0v) is 18.2. The van der Waals surface area contributed by atoms with Gasteiger partial charge in [0.25, 0.3) is 11.1 Å². The first-order chi connectivity index (χ1) is 16.5. The molecule has 1 aliphatic rings. The lowest BCUT2D eigenvalue weighted by molar-refractivity contribution is -0.137. The van der Waals surface area contributed by atoms with Crippen LogP contribution in [0.2, 0.25) is 0 Å². The Balaban J connectivity index is 1.46. The van der Waals surface area contributed by atoms with E-state index >= 15 is 0 Å². The molecule has 3 amide bonds. The number of amides is 3. The van der Waals surface area contributed by atoms with E-state index in [4.69, 9.17) is 4.42 Å². The molecule has 0 saturated carbocycles. The number of furan rings is 1. The van der Waals surface area contributed by atoms with Crippen LogP contribution in [-0.2, 0) is 15.8 Å². The van der Waals surface area contributed by atoms with Gasteiger partial charge in [0.1, 0.15) is 29.7 Å². The van der Waals surface area contributed by atoms with Gasteiger partial charge in [-0.2, -0.15) is 13.2 Å². The molecule has 35 heavy (non-hydrogen) atoms. The van der Waals surface area contributed by atoms with E-state index in [-0.39, 0.29) is 27.7 Å². The van der Waals surface area contributed by atoms with Crippen LogP contribution in [0.3, 0.4) is 0 Å². The third-order valence-electron chi connectivity index (χ3n) is 4.76. The van der Waals surface area contributed by atoms with Gasteiger partial charge >= 0.3 is 6.18 Å². The van der Waals surface area contributed by atoms with E-state index in [1.165, 1.54) is 30.3 Å². The van der Waals surface area contributed by atoms with Crippen molar-refractivity contribution >= 4 is 40.6 Å². The molecule has 3 aromatic rings. The number of rotatable bonds is 5. The summed E-state index contributed by atoms with van der Waals surface area (Å²) in [6.45, 7) is -0.716. The number of thioether (sulfide) groups is 1. The fourth-order valence-corrected chi connectivity index (χ4v) is 3.94. The monoisotopic (exact) mass is 508 g/mol. The lowest BCUT2D eigenvalue weighted by Crippen LogP contribution is -2.36. The number of hydrogen-bond donors (Lipinski definition) is 1. The number of nitrogens with zero attached hydrogens (tertiary/aromatic N) is 1. The molecule has 0 radical (unpaired) electrons. The van der Waals surface area contributed by atoms with E-state index in [9.17, 15) is 36.3 Å². The molecule has 1 aromatic heterocycles. The molecule has 1 aliphatic heterocycles. The number of alkyl halides is 3. The summed E-state index contributed by atoms with van der Waals surface area (Å²) in [6, 6.07) is 9.80. The van der Waals surface area contributed by atoms with Crippen molar-refractivity contribution in [1.29, 1.82) is 0 Å². The molecule has 0 atom stereocenters. The van der Waals surface area contributed by atoms with Crippen LogP contribution < -0.4 is 5.32 Å². The van der Waals surface area contributed by atoms with E-state index < -0.39 is 47.0 Å². The molecule has 0 unspecified atom stereocenters. The average Bonchev–Trinajstić information content (AvgIpc) is 3.36. The van der Waals surface area contributed by atoms with Gasteiger partial charge in [-0.3, -0.25) is 19.3 Å². The average molecular weight is 508 g/mol. The van der Waals surface area contributed by atoms with Gasteiger partial charge in [-0.15, -0.1) is 0 Å². The number of imide groups is 1. The molecule has 12 heteroatoms. The Hall–Kier alpha value is -3.93. The van der Waals surface area contributed by atoms with Crippen molar-refractivity contribution in [2.45, 2.75) is 6.18 Å². The topological polar surface area (TPSA) is 79.6 Å². The molecule has 1 N–H and O–H groups in total. The molecular weight excluding hydrogens is 495 g/mol. The highest BCUT2D eigenvalue weighted by molar-refractivity contribution is 8.18. The minimum atomic E-state index is -4.53. The van der Waals surface area contributed by atoms with E-state index in [1.807, 2.05) is 0 Å². The second kappa shape index (κ2) is 9.37. The number of benzene rings is 2. The second-order valence-corrected chi connectivity index (χ2v) is 8.21. The number of carbonyl (C=O) groups is 3. The predicted octanol–water partition coefficient (Wildman–Crippen LogP) is 5.92. The molecular formula is C23H13F5N2O4S. The van der Waals surface area contributed by atoms with Crippen molar-refractivity contribution in [3.63, 3.8) is 0 Å². The summed E-state index contributed by atoms with van der Waals surface area (Å²) in [4.78, 5) is 37.5. The van der Waals surface area contributed by atoms with Gasteiger partial charge in [-0.05, 0) is 48.2 Å². The summed E-state index contributed by atoms with van der Waals surface area (Å²) >= 11 is 0.527. The fraction of sp³-hybridized carbons (Fsp3) is 0.0870. The molecule has 2 aromatic carbocycles. The van der Waals surface area contributed by atoms with Crippen LogP contribution in [0.4, 0.5) is 32.4 Å². The van der Waals surface area contributed by atoms with Crippen LogP contribution in [0.25, 0.3) is 17.4 Å². The van der Waals surface area contributed by atoms with Gasteiger partial charge in [0.05, 0.1) is 16.2 Å². The van der Waals surface area contributed by atoms with Crippen molar-refractivity contribution in [3.8, 4) is 11.3 Å². The van der Waals surface area contributed by atoms with Crippen LogP contribution in [-0.4, -0.2) is 28.5 Å². The molecule has 2 heterocycles. The van der Waals surface area contributed by atoms with Crippen molar-refractivity contribution in [2.75, 3.05) is 11.9 Å². The Morgan fingerprint density at radius 1 is 1.06 bits per heavy atom. The van der Waals surface area contributed by atoms with Gasteiger partial charge in [0.15, 0.2) is 0 Å². The second-order valence-electron chi connectivity index (χ2n) is 7.22. The minimum absolute atomic E-state index is 0.0827. The predicted molar refractivity (Wildman–Crippen MR) is 117 cm³/mol. The number of anilines is 1. The standard InChI is InChI=1S/C23H13F5N2O4S/c24-14-4-6-17(16(25)9-14)29-20(31)11-30-21(32)19(35-22(30)33)10-15-5-7-18(34-15)12-2-1-3-13(8-12)23(26,27)28/h1-10H,11H2,(H,29,31)/b19-10+. The maximum Gasteiger partial charge on any atom is 0.416 e. The molecule has 0 bridgehead atoms. The van der Waals surface area contributed by atoms with Crippen LogP contribution >= 0.6 is 11.8 Å². The molecule has 1 saturated heterocycles. The lowest BCUT2D eigenvalue weighted by atomic mass is 10.1. The van der Waals surface area contributed by atoms with Gasteiger partial charge in [0.2, 0.25) is 5.91 Å². The quantitative estimate of drug-likeness (QED) is 0.342. The third-order valence-corrected chi connectivity index (χ3v) is 5.66. The zero-order chi connectivity index (χ0) is 25.3. The van der Waals surface area contributed by atoms with Gasteiger partial charge < -0.3 is 9.73 Å². The van der Waals surface area contributed by atoms with E-state index in [0.29, 0.717) is 22.7 Å². The normalized spacial score (nSPS) is 15.2.